The Morgan fingerprint density at radius 2 is 1.89 bits per heavy atom. The SMILES string of the molecule is COc1ccc(NC(=O)Nc2ccc(N3CCCC3=O)c(C)c2)c(OC)c1. The van der Waals surface area contributed by atoms with E-state index >= 15 is 0 Å². The van der Waals surface area contributed by atoms with Gasteiger partial charge in [0.05, 0.1) is 19.9 Å². The average molecular weight is 369 g/mol. The molecule has 1 heterocycles. The van der Waals surface area contributed by atoms with Crippen LogP contribution >= 0.6 is 0 Å². The molecule has 0 spiro atoms. The minimum atomic E-state index is -0.386. The molecule has 3 amide bonds. The number of hydrogen-bond acceptors (Lipinski definition) is 4. The molecule has 0 saturated carbocycles. The maximum absolute atomic E-state index is 12.3. The Balaban J connectivity index is 1.69. The Labute approximate surface area is 158 Å². The Bertz CT molecular complexity index is 866. The summed E-state index contributed by atoms with van der Waals surface area (Å²) in [5.74, 6) is 1.28. The lowest BCUT2D eigenvalue weighted by molar-refractivity contribution is -0.117. The van der Waals surface area contributed by atoms with Crippen LogP contribution in [0, 0.1) is 6.92 Å². The number of aryl methyl sites for hydroxylation is 1. The zero-order valence-electron chi connectivity index (χ0n) is 15.7. The number of carbonyl (C=O) groups excluding carboxylic acids is 2. The van der Waals surface area contributed by atoms with Crippen LogP contribution in [0.2, 0.25) is 0 Å². The van der Waals surface area contributed by atoms with Gasteiger partial charge in [-0.05, 0) is 49.2 Å². The molecule has 0 radical (unpaired) electrons. The van der Waals surface area contributed by atoms with Crippen molar-refractivity contribution in [1.82, 2.24) is 0 Å². The Morgan fingerprint density at radius 1 is 1.07 bits per heavy atom. The number of carbonyl (C=O) groups is 2. The van der Waals surface area contributed by atoms with Gasteiger partial charge in [-0.25, -0.2) is 4.79 Å². The van der Waals surface area contributed by atoms with E-state index in [0.29, 0.717) is 29.3 Å². The van der Waals surface area contributed by atoms with Crippen LogP contribution in [0.5, 0.6) is 11.5 Å². The number of ether oxygens (including phenoxy) is 2. The Morgan fingerprint density at radius 3 is 2.52 bits per heavy atom. The molecule has 0 atom stereocenters. The van der Waals surface area contributed by atoms with Gasteiger partial charge >= 0.3 is 6.03 Å². The lowest BCUT2D eigenvalue weighted by atomic mass is 10.1. The van der Waals surface area contributed by atoms with Crippen molar-refractivity contribution in [1.29, 1.82) is 0 Å². The molecular formula is C20H23N3O4. The molecular weight excluding hydrogens is 346 g/mol. The summed E-state index contributed by atoms with van der Waals surface area (Å²) in [4.78, 5) is 26.1. The molecule has 142 valence electrons. The van der Waals surface area contributed by atoms with Crippen molar-refractivity contribution in [3.8, 4) is 11.5 Å². The van der Waals surface area contributed by atoms with Crippen LogP contribution in [-0.4, -0.2) is 32.7 Å². The van der Waals surface area contributed by atoms with Gasteiger partial charge in [-0.3, -0.25) is 4.79 Å². The first-order valence-electron chi connectivity index (χ1n) is 8.73. The number of hydrogen-bond donors (Lipinski definition) is 2. The summed E-state index contributed by atoms with van der Waals surface area (Å²) in [6, 6.07) is 10.3. The molecule has 0 unspecified atom stereocenters. The topological polar surface area (TPSA) is 79.9 Å². The second kappa shape index (κ2) is 7.99. The minimum absolute atomic E-state index is 0.142. The van der Waals surface area contributed by atoms with E-state index in [4.69, 9.17) is 9.47 Å². The molecule has 1 aliphatic rings. The van der Waals surface area contributed by atoms with E-state index in [9.17, 15) is 9.59 Å². The summed E-state index contributed by atoms with van der Waals surface area (Å²) in [5.41, 5.74) is 3.00. The maximum Gasteiger partial charge on any atom is 0.323 e. The summed E-state index contributed by atoms with van der Waals surface area (Å²) in [5, 5.41) is 5.56. The molecule has 1 fully saturated rings. The van der Waals surface area contributed by atoms with Crippen LogP contribution in [-0.2, 0) is 4.79 Å². The third kappa shape index (κ3) is 4.13. The monoisotopic (exact) mass is 369 g/mol. The van der Waals surface area contributed by atoms with Gasteiger partial charge in [-0.2, -0.15) is 0 Å². The van der Waals surface area contributed by atoms with Crippen molar-refractivity contribution in [2.24, 2.45) is 0 Å². The molecule has 3 rings (SSSR count). The summed E-state index contributed by atoms with van der Waals surface area (Å²) >= 11 is 0. The quantitative estimate of drug-likeness (QED) is 0.840. The lowest BCUT2D eigenvalue weighted by Gasteiger charge is -2.19. The van der Waals surface area contributed by atoms with E-state index in [1.54, 1.807) is 36.3 Å². The minimum Gasteiger partial charge on any atom is -0.497 e. The molecule has 27 heavy (non-hydrogen) atoms. The van der Waals surface area contributed by atoms with Crippen LogP contribution in [0.15, 0.2) is 36.4 Å². The average Bonchev–Trinajstić information content (AvgIpc) is 3.08. The zero-order chi connectivity index (χ0) is 19.4. The van der Waals surface area contributed by atoms with E-state index in [2.05, 4.69) is 10.6 Å². The van der Waals surface area contributed by atoms with Crippen molar-refractivity contribution < 1.29 is 19.1 Å². The van der Waals surface area contributed by atoms with Crippen molar-refractivity contribution >= 4 is 29.0 Å². The number of benzene rings is 2. The van der Waals surface area contributed by atoms with Gasteiger partial charge in [0.2, 0.25) is 5.91 Å². The number of nitrogens with one attached hydrogen (secondary N) is 2. The number of amides is 3. The fraction of sp³-hybridized carbons (Fsp3) is 0.300. The highest BCUT2D eigenvalue weighted by molar-refractivity contribution is 6.01. The number of anilines is 3. The highest BCUT2D eigenvalue weighted by Crippen LogP contribution is 2.30. The second-order valence-electron chi connectivity index (χ2n) is 6.30. The van der Waals surface area contributed by atoms with Gasteiger partial charge in [0.25, 0.3) is 0 Å². The summed E-state index contributed by atoms with van der Waals surface area (Å²) < 4.78 is 10.4. The van der Waals surface area contributed by atoms with Crippen LogP contribution in [0.1, 0.15) is 18.4 Å². The van der Waals surface area contributed by atoms with Gasteiger partial charge in [-0.15, -0.1) is 0 Å². The van der Waals surface area contributed by atoms with Crippen LogP contribution in [0.3, 0.4) is 0 Å². The van der Waals surface area contributed by atoms with Gasteiger partial charge < -0.3 is 25.0 Å². The number of nitrogens with zero attached hydrogens (tertiary/aromatic N) is 1. The molecule has 0 aliphatic carbocycles. The molecule has 2 aromatic carbocycles. The molecule has 2 N–H and O–H groups in total. The second-order valence-corrected chi connectivity index (χ2v) is 6.30. The molecule has 7 heteroatoms. The van der Waals surface area contributed by atoms with Gasteiger partial charge in [0.1, 0.15) is 11.5 Å². The Hall–Kier alpha value is -3.22. The van der Waals surface area contributed by atoms with Crippen molar-refractivity contribution in [3.05, 3.63) is 42.0 Å². The first-order valence-corrected chi connectivity index (χ1v) is 8.73. The number of rotatable bonds is 5. The van der Waals surface area contributed by atoms with Gasteiger partial charge in [0.15, 0.2) is 0 Å². The highest BCUT2D eigenvalue weighted by atomic mass is 16.5. The third-order valence-corrected chi connectivity index (χ3v) is 4.48. The molecule has 2 aromatic rings. The molecule has 0 bridgehead atoms. The number of methoxy groups -OCH3 is 2. The van der Waals surface area contributed by atoms with Crippen LogP contribution < -0.4 is 25.0 Å². The van der Waals surface area contributed by atoms with Crippen molar-refractivity contribution in [2.45, 2.75) is 19.8 Å². The van der Waals surface area contributed by atoms with Crippen LogP contribution in [0.4, 0.5) is 21.9 Å². The fourth-order valence-corrected chi connectivity index (χ4v) is 3.13. The van der Waals surface area contributed by atoms with E-state index in [1.165, 1.54) is 7.11 Å². The fourth-order valence-electron chi connectivity index (χ4n) is 3.13. The first-order chi connectivity index (χ1) is 13.0. The largest absolute Gasteiger partial charge is 0.497 e. The highest BCUT2D eigenvalue weighted by Gasteiger charge is 2.23. The van der Waals surface area contributed by atoms with E-state index in [0.717, 1.165) is 24.2 Å². The van der Waals surface area contributed by atoms with Crippen molar-refractivity contribution in [2.75, 3.05) is 36.3 Å². The summed E-state index contributed by atoms with van der Waals surface area (Å²) in [6.45, 7) is 2.67. The molecule has 0 aromatic heterocycles. The lowest BCUT2D eigenvalue weighted by Crippen LogP contribution is -2.24. The van der Waals surface area contributed by atoms with Gasteiger partial charge in [0, 0.05) is 30.4 Å². The molecule has 1 aliphatic heterocycles. The number of urea groups is 1. The van der Waals surface area contributed by atoms with E-state index in [-0.39, 0.29) is 11.9 Å². The predicted molar refractivity (Wildman–Crippen MR) is 105 cm³/mol. The summed E-state index contributed by atoms with van der Waals surface area (Å²) in [7, 11) is 3.09. The third-order valence-electron chi connectivity index (χ3n) is 4.48. The van der Waals surface area contributed by atoms with Gasteiger partial charge in [-0.1, -0.05) is 0 Å². The van der Waals surface area contributed by atoms with E-state index in [1.807, 2.05) is 19.1 Å². The van der Waals surface area contributed by atoms with Crippen LogP contribution in [0.25, 0.3) is 0 Å². The zero-order valence-corrected chi connectivity index (χ0v) is 15.7. The summed E-state index contributed by atoms with van der Waals surface area (Å²) in [6.07, 6.45) is 1.47. The van der Waals surface area contributed by atoms with Crippen molar-refractivity contribution in [3.63, 3.8) is 0 Å². The maximum atomic E-state index is 12.3. The normalized spacial score (nSPS) is 13.4. The first kappa shape index (κ1) is 18.6. The van der Waals surface area contributed by atoms with E-state index < -0.39 is 0 Å². The molecule has 1 saturated heterocycles. The molecule has 7 nitrogen and oxygen atoms in total. The standard InChI is InChI=1S/C20H23N3O4/c1-13-11-14(6-9-17(13)23-10-4-5-19(23)24)21-20(25)22-16-8-7-15(26-2)12-18(16)27-3/h6-9,11-12H,4-5,10H2,1-3H3,(H2,21,22,25). The smallest absolute Gasteiger partial charge is 0.323 e. The Kier molecular flexibility index (Phi) is 5.49. The predicted octanol–water partition coefficient (Wildman–Crippen LogP) is 3.78.